The van der Waals surface area contributed by atoms with Gasteiger partial charge in [0.15, 0.2) is 5.76 Å². The van der Waals surface area contributed by atoms with Crippen LogP contribution >= 0.6 is 0 Å². The normalized spacial score (nSPS) is 10.8. The highest BCUT2D eigenvalue weighted by atomic mass is 16.3. The first-order valence-corrected chi connectivity index (χ1v) is 5.17. The molecule has 84 valence electrons. The van der Waals surface area contributed by atoms with E-state index in [1.807, 2.05) is 6.07 Å². The molecule has 4 nitrogen and oxygen atoms in total. The van der Waals surface area contributed by atoms with Crippen molar-refractivity contribution in [1.29, 1.82) is 0 Å². The summed E-state index contributed by atoms with van der Waals surface area (Å²) in [5.41, 5.74) is 7.72. The largest absolute Gasteiger partial charge is 0.508 e. The summed E-state index contributed by atoms with van der Waals surface area (Å²) in [4.78, 5) is 4.19. The van der Waals surface area contributed by atoms with Crippen molar-refractivity contribution >= 4 is 16.7 Å². The van der Waals surface area contributed by atoms with Crippen LogP contribution in [0.25, 0.3) is 22.4 Å². The van der Waals surface area contributed by atoms with E-state index >= 15 is 0 Å². The quantitative estimate of drug-likeness (QED) is 0.669. The second-order valence-corrected chi connectivity index (χ2v) is 3.81. The SMILES string of the molecule is Nc1ccnc(-c2cc3cc(O)ccc3o2)c1. The van der Waals surface area contributed by atoms with Gasteiger partial charge in [0.05, 0.1) is 0 Å². The fraction of sp³-hybridized carbons (Fsp3) is 0. The Morgan fingerprint density at radius 1 is 1.12 bits per heavy atom. The first kappa shape index (κ1) is 9.72. The van der Waals surface area contributed by atoms with Crippen molar-refractivity contribution in [2.24, 2.45) is 0 Å². The summed E-state index contributed by atoms with van der Waals surface area (Å²) in [6.07, 6.45) is 1.63. The Labute approximate surface area is 97.3 Å². The maximum absolute atomic E-state index is 9.38. The van der Waals surface area contributed by atoms with Gasteiger partial charge in [-0.1, -0.05) is 0 Å². The van der Waals surface area contributed by atoms with Crippen LogP contribution in [0.15, 0.2) is 47.0 Å². The van der Waals surface area contributed by atoms with E-state index < -0.39 is 0 Å². The van der Waals surface area contributed by atoms with E-state index in [0.717, 1.165) is 5.39 Å². The van der Waals surface area contributed by atoms with Gasteiger partial charge in [0.25, 0.3) is 0 Å². The first-order chi connectivity index (χ1) is 8.22. The predicted molar refractivity (Wildman–Crippen MR) is 65.5 cm³/mol. The number of phenolic OH excluding ortho intramolecular Hbond substituents is 1. The molecule has 1 aromatic carbocycles. The summed E-state index contributed by atoms with van der Waals surface area (Å²) in [6, 6.07) is 10.3. The molecule has 3 aromatic rings. The van der Waals surface area contributed by atoms with Crippen molar-refractivity contribution in [2.45, 2.75) is 0 Å². The second kappa shape index (κ2) is 3.52. The monoisotopic (exact) mass is 226 g/mol. The van der Waals surface area contributed by atoms with Crippen LogP contribution in [0, 0.1) is 0 Å². The molecular formula is C13H10N2O2. The Bertz CT molecular complexity index is 689. The molecule has 0 unspecified atom stereocenters. The molecule has 0 saturated heterocycles. The van der Waals surface area contributed by atoms with E-state index in [-0.39, 0.29) is 5.75 Å². The zero-order chi connectivity index (χ0) is 11.8. The summed E-state index contributed by atoms with van der Waals surface area (Å²) in [5.74, 6) is 0.850. The Kier molecular flexibility index (Phi) is 2.01. The van der Waals surface area contributed by atoms with Crippen LogP contribution < -0.4 is 5.73 Å². The van der Waals surface area contributed by atoms with Crippen LogP contribution in [0.5, 0.6) is 5.75 Å². The minimum Gasteiger partial charge on any atom is -0.508 e. The number of aromatic nitrogens is 1. The maximum Gasteiger partial charge on any atom is 0.153 e. The van der Waals surface area contributed by atoms with Gasteiger partial charge in [0.2, 0.25) is 0 Å². The van der Waals surface area contributed by atoms with Crippen molar-refractivity contribution in [3.8, 4) is 17.2 Å². The maximum atomic E-state index is 9.38. The highest BCUT2D eigenvalue weighted by molar-refractivity contribution is 5.83. The molecule has 0 aliphatic heterocycles. The molecule has 2 heterocycles. The van der Waals surface area contributed by atoms with Crippen molar-refractivity contribution < 1.29 is 9.52 Å². The molecule has 0 atom stereocenters. The number of nitrogen functional groups attached to an aromatic ring is 1. The van der Waals surface area contributed by atoms with Crippen LogP contribution in [0.3, 0.4) is 0 Å². The molecule has 0 aliphatic rings. The number of nitrogens with zero attached hydrogens (tertiary/aromatic N) is 1. The van der Waals surface area contributed by atoms with Crippen molar-refractivity contribution in [3.05, 3.63) is 42.6 Å². The number of hydrogen-bond donors (Lipinski definition) is 2. The number of hydrogen-bond acceptors (Lipinski definition) is 4. The van der Waals surface area contributed by atoms with Gasteiger partial charge in [-0.05, 0) is 36.4 Å². The fourth-order valence-corrected chi connectivity index (χ4v) is 1.74. The number of fused-ring (bicyclic) bond motifs is 1. The molecule has 0 spiro atoms. The standard InChI is InChI=1S/C13H10N2O2/c14-9-3-4-15-11(7-9)13-6-8-5-10(16)1-2-12(8)17-13/h1-7,16H,(H2,14,15). The smallest absolute Gasteiger partial charge is 0.153 e. The molecule has 0 aliphatic carbocycles. The molecule has 0 amide bonds. The topological polar surface area (TPSA) is 72.3 Å². The average Bonchev–Trinajstić information content (AvgIpc) is 2.72. The summed E-state index contributed by atoms with van der Waals surface area (Å²) < 4.78 is 5.63. The minimum absolute atomic E-state index is 0.213. The molecule has 0 radical (unpaired) electrons. The van der Waals surface area contributed by atoms with Gasteiger partial charge in [-0.15, -0.1) is 0 Å². The lowest BCUT2D eigenvalue weighted by Crippen LogP contribution is -1.86. The fourth-order valence-electron chi connectivity index (χ4n) is 1.74. The summed E-state index contributed by atoms with van der Waals surface area (Å²) in [7, 11) is 0. The van der Waals surface area contributed by atoms with Crippen molar-refractivity contribution in [3.63, 3.8) is 0 Å². The number of anilines is 1. The zero-order valence-electron chi connectivity index (χ0n) is 8.92. The number of nitrogens with two attached hydrogens (primary N) is 1. The van der Waals surface area contributed by atoms with Gasteiger partial charge < -0.3 is 15.3 Å². The van der Waals surface area contributed by atoms with E-state index in [0.29, 0.717) is 22.7 Å². The number of furan rings is 1. The van der Waals surface area contributed by atoms with E-state index in [4.69, 9.17) is 10.2 Å². The molecule has 0 fully saturated rings. The van der Waals surface area contributed by atoms with Gasteiger partial charge in [-0.3, -0.25) is 4.98 Å². The number of aromatic hydroxyl groups is 1. The lowest BCUT2D eigenvalue weighted by molar-refractivity contribution is 0.476. The van der Waals surface area contributed by atoms with E-state index in [2.05, 4.69) is 4.98 Å². The zero-order valence-corrected chi connectivity index (χ0v) is 8.92. The predicted octanol–water partition coefficient (Wildman–Crippen LogP) is 2.78. The summed E-state index contributed by atoms with van der Waals surface area (Å²) >= 11 is 0. The van der Waals surface area contributed by atoms with Gasteiger partial charge in [0.1, 0.15) is 17.0 Å². The van der Waals surface area contributed by atoms with E-state index in [9.17, 15) is 5.11 Å². The molecule has 3 rings (SSSR count). The van der Waals surface area contributed by atoms with Gasteiger partial charge in [-0.25, -0.2) is 0 Å². The molecule has 0 bridgehead atoms. The highest BCUT2D eigenvalue weighted by Gasteiger charge is 2.07. The average molecular weight is 226 g/mol. The van der Waals surface area contributed by atoms with E-state index in [1.54, 1.807) is 36.5 Å². The molecule has 17 heavy (non-hydrogen) atoms. The highest BCUT2D eigenvalue weighted by Crippen LogP contribution is 2.29. The molecular weight excluding hydrogens is 216 g/mol. The first-order valence-electron chi connectivity index (χ1n) is 5.17. The van der Waals surface area contributed by atoms with Gasteiger partial charge in [-0.2, -0.15) is 0 Å². The minimum atomic E-state index is 0.213. The Morgan fingerprint density at radius 3 is 2.82 bits per heavy atom. The number of phenols is 1. The van der Waals surface area contributed by atoms with Gasteiger partial charge in [0, 0.05) is 17.3 Å². The summed E-state index contributed by atoms with van der Waals surface area (Å²) in [6.45, 7) is 0. The number of pyridine rings is 1. The Morgan fingerprint density at radius 2 is 2.00 bits per heavy atom. The molecule has 4 heteroatoms. The van der Waals surface area contributed by atoms with Gasteiger partial charge >= 0.3 is 0 Å². The molecule has 0 saturated carbocycles. The van der Waals surface area contributed by atoms with Crippen molar-refractivity contribution in [2.75, 3.05) is 5.73 Å². The third kappa shape index (κ3) is 1.69. The Balaban J connectivity index is 2.18. The van der Waals surface area contributed by atoms with Crippen LogP contribution in [-0.2, 0) is 0 Å². The lowest BCUT2D eigenvalue weighted by atomic mass is 10.2. The number of benzene rings is 1. The summed E-state index contributed by atoms with van der Waals surface area (Å²) in [5, 5.41) is 10.2. The van der Waals surface area contributed by atoms with Crippen molar-refractivity contribution in [1.82, 2.24) is 4.98 Å². The molecule has 3 N–H and O–H groups in total. The third-order valence-corrected chi connectivity index (χ3v) is 2.54. The van der Waals surface area contributed by atoms with Crippen LogP contribution in [-0.4, -0.2) is 10.1 Å². The third-order valence-electron chi connectivity index (χ3n) is 2.54. The second-order valence-electron chi connectivity index (χ2n) is 3.81. The van der Waals surface area contributed by atoms with Crippen LogP contribution in [0.2, 0.25) is 0 Å². The number of rotatable bonds is 1. The lowest BCUT2D eigenvalue weighted by Gasteiger charge is -1.96. The van der Waals surface area contributed by atoms with Crippen LogP contribution in [0.1, 0.15) is 0 Å². The van der Waals surface area contributed by atoms with Crippen LogP contribution in [0.4, 0.5) is 5.69 Å². The Hall–Kier alpha value is -2.49. The molecule has 2 aromatic heterocycles. The van der Waals surface area contributed by atoms with E-state index in [1.165, 1.54) is 0 Å².